The van der Waals surface area contributed by atoms with Gasteiger partial charge in [0.2, 0.25) is 0 Å². The van der Waals surface area contributed by atoms with Crippen LogP contribution in [0.5, 0.6) is 5.75 Å². The van der Waals surface area contributed by atoms with E-state index in [9.17, 15) is 4.39 Å². The molecule has 1 aromatic rings. The molecule has 0 heterocycles. The highest BCUT2D eigenvalue weighted by Gasteiger charge is 2.21. The summed E-state index contributed by atoms with van der Waals surface area (Å²) in [5.41, 5.74) is 0. The summed E-state index contributed by atoms with van der Waals surface area (Å²) in [5, 5.41) is 3.52. The summed E-state index contributed by atoms with van der Waals surface area (Å²) >= 11 is 5.67. The monoisotopic (exact) mass is 257 g/mol. The molecular formula is C13H17ClFNO. The summed E-state index contributed by atoms with van der Waals surface area (Å²) in [6.07, 6.45) is 2.55. The maximum Gasteiger partial charge on any atom is 0.183 e. The van der Waals surface area contributed by atoms with Crippen LogP contribution in [0.1, 0.15) is 19.8 Å². The molecule has 1 aromatic carbocycles. The fourth-order valence-corrected chi connectivity index (χ4v) is 1.71. The number of hydrogen-bond acceptors (Lipinski definition) is 2. The number of rotatable bonds is 6. The van der Waals surface area contributed by atoms with Crippen molar-refractivity contribution in [2.45, 2.75) is 25.8 Å². The van der Waals surface area contributed by atoms with Gasteiger partial charge in [-0.25, -0.2) is 4.39 Å². The van der Waals surface area contributed by atoms with Crippen molar-refractivity contribution in [2.75, 3.05) is 13.2 Å². The maximum atomic E-state index is 13.5. The molecule has 0 aromatic heterocycles. The van der Waals surface area contributed by atoms with Crippen LogP contribution in [0.2, 0.25) is 5.02 Å². The smallest absolute Gasteiger partial charge is 0.183 e. The summed E-state index contributed by atoms with van der Waals surface area (Å²) in [4.78, 5) is 0. The molecule has 0 spiro atoms. The van der Waals surface area contributed by atoms with E-state index in [2.05, 4.69) is 12.2 Å². The Morgan fingerprint density at radius 1 is 1.53 bits per heavy atom. The van der Waals surface area contributed by atoms with Crippen molar-refractivity contribution in [1.82, 2.24) is 5.32 Å². The second-order valence-corrected chi connectivity index (χ2v) is 5.06. The summed E-state index contributed by atoms with van der Waals surface area (Å²) in [5.74, 6) is 0.112. The number of ether oxygens (including phenoxy) is 1. The first-order valence-corrected chi connectivity index (χ1v) is 6.35. The molecule has 0 saturated heterocycles. The van der Waals surface area contributed by atoms with Gasteiger partial charge in [0.05, 0.1) is 11.6 Å². The Kier molecular flexibility index (Phi) is 4.24. The van der Waals surface area contributed by atoms with E-state index < -0.39 is 5.82 Å². The standard InChI is InChI=1S/C13H17ClFNO/c1-9(7-16-10-5-6-10)8-17-12-4-2-3-11(14)13(12)15/h2-4,9-10,16H,5-8H2,1H3. The lowest BCUT2D eigenvalue weighted by molar-refractivity contribution is 0.245. The van der Waals surface area contributed by atoms with Crippen LogP contribution < -0.4 is 10.1 Å². The molecule has 4 heteroatoms. The van der Waals surface area contributed by atoms with Gasteiger partial charge in [-0.1, -0.05) is 24.6 Å². The Balaban J connectivity index is 1.77. The molecule has 0 radical (unpaired) electrons. The highest BCUT2D eigenvalue weighted by atomic mass is 35.5. The number of hydrogen-bond donors (Lipinski definition) is 1. The predicted molar refractivity (Wildman–Crippen MR) is 67.1 cm³/mol. The van der Waals surface area contributed by atoms with Gasteiger partial charge in [0, 0.05) is 18.5 Å². The van der Waals surface area contributed by atoms with E-state index in [4.69, 9.17) is 16.3 Å². The molecule has 2 rings (SSSR count). The topological polar surface area (TPSA) is 21.3 Å². The molecular weight excluding hydrogens is 241 g/mol. The van der Waals surface area contributed by atoms with Crippen LogP contribution in [-0.2, 0) is 0 Å². The lowest BCUT2D eigenvalue weighted by atomic mass is 10.2. The fourth-order valence-electron chi connectivity index (χ4n) is 1.54. The lowest BCUT2D eigenvalue weighted by Gasteiger charge is -2.14. The van der Waals surface area contributed by atoms with Crippen molar-refractivity contribution in [3.8, 4) is 5.75 Å². The average molecular weight is 258 g/mol. The normalized spacial score (nSPS) is 16.9. The third-order valence-electron chi connectivity index (χ3n) is 2.77. The van der Waals surface area contributed by atoms with Gasteiger partial charge in [0.15, 0.2) is 11.6 Å². The zero-order valence-corrected chi connectivity index (χ0v) is 10.6. The van der Waals surface area contributed by atoms with E-state index in [0.29, 0.717) is 18.6 Å². The van der Waals surface area contributed by atoms with Gasteiger partial charge in [0.25, 0.3) is 0 Å². The van der Waals surface area contributed by atoms with E-state index in [1.807, 2.05) is 0 Å². The van der Waals surface area contributed by atoms with E-state index in [0.717, 1.165) is 6.54 Å². The lowest BCUT2D eigenvalue weighted by Crippen LogP contribution is -2.26. The molecule has 0 aliphatic heterocycles. The van der Waals surface area contributed by atoms with Crippen molar-refractivity contribution >= 4 is 11.6 Å². The fraction of sp³-hybridized carbons (Fsp3) is 0.538. The molecule has 0 bridgehead atoms. The molecule has 1 atom stereocenters. The van der Waals surface area contributed by atoms with Crippen LogP contribution in [-0.4, -0.2) is 19.2 Å². The van der Waals surface area contributed by atoms with Gasteiger partial charge >= 0.3 is 0 Å². The maximum absolute atomic E-state index is 13.5. The molecule has 94 valence electrons. The minimum atomic E-state index is -0.475. The van der Waals surface area contributed by atoms with Gasteiger partial charge in [-0.2, -0.15) is 0 Å². The Bertz CT molecular complexity index is 382. The molecule has 1 aliphatic carbocycles. The van der Waals surface area contributed by atoms with Gasteiger partial charge < -0.3 is 10.1 Å². The first-order valence-electron chi connectivity index (χ1n) is 5.97. The molecule has 0 amide bonds. The van der Waals surface area contributed by atoms with Crippen LogP contribution >= 0.6 is 11.6 Å². The van der Waals surface area contributed by atoms with Crippen molar-refractivity contribution in [1.29, 1.82) is 0 Å². The Morgan fingerprint density at radius 3 is 3.00 bits per heavy atom. The quantitative estimate of drug-likeness (QED) is 0.845. The number of nitrogens with one attached hydrogen (secondary N) is 1. The van der Waals surface area contributed by atoms with Gasteiger partial charge in [-0.15, -0.1) is 0 Å². The van der Waals surface area contributed by atoms with Gasteiger partial charge in [-0.3, -0.25) is 0 Å². The first kappa shape index (κ1) is 12.7. The van der Waals surface area contributed by atoms with Crippen molar-refractivity contribution in [2.24, 2.45) is 5.92 Å². The third kappa shape index (κ3) is 3.86. The largest absolute Gasteiger partial charge is 0.490 e. The minimum absolute atomic E-state index is 0.103. The molecule has 1 saturated carbocycles. The van der Waals surface area contributed by atoms with Gasteiger partial charge in [-0.05, 0) is 25.0 Å². The first-order chi connectivity index (χ1) is 8.16. The number of halogens is 2. The summed E-state index contributed by atoms with van der Waals surface area (Å²) in [6, 6.07) is 5.50. The zero-order valence-electron chi connectivity index (χ0n) is 9.88. The summed E-state index contributed by atoms with van der Waals surface area (Å²) in [7, 11) is 0. The van der Waals surface area contributed by atoms with Gasteiger partial charge in [0.1, 0.15) is 0 Å². The number of benzene rings is 1. The summed E-state index contributed by atoms with van der Waals surface area (Å²) < 4.78 is 18.9. The molecule has 1 N–H and O–H groups in total. The highest BCUT2D eigenvalue weighted by molar-refractivity contribution is 6.30. The molecule has 1 fully saturated rings. The van der Waals surface area contributed by atoms with Crippen molar-refractivity contribution in [3.63, 3.8) is 0 Å². The molecule has 1 unspecified atom stereocenters. The van der Waals surface area contributed by atoms with E-state index >= 15 is 0 Å². The van der Waals surface area contributed by atoms with Crippen LogP contribution in [0.4, 0.5) is 4.39 Å². The molecule has 1 aliphatic rings. The van der Waals surface area contributed by atoms with Crippen LogP contribution in [0, 0.1) is 11.7 Å². The van der Waals surface area contributed by atoms with E-state index in [1.165, 1.54) is 18.9 Å². The Labute approximate surface area is 106 Å². The second-order valence-electron chi connectivity index (χ2n) is 4.65. The average Bonchev–Trinajstić information content (AvgIpc) is 3.12. The van der Waals surface area contributed by atoms with Crippen LogP contribution in [0.25, 0.3) is 0 Å². The van der Waals surface area contributed by atoms with E-state index in [1.54, 1.807) is 12.1 Å². The molecule has 2 nitrogen and oxygen atoms in total. The third-order valence-corrected chi connectivity index (χ3v) is 3.06. The van der Waals surface area contributed by atoms with Crippen molar-refractivity contribution < 1.29 is 9.13 Å². The van der Waals surface area contributed by atoms with Crippen molar-refractivity contribution in [3.05, 3.63) is 29.0 Å². The van der Waals surface area contributed by atoms with Crippen LogP contribution in [0.15, 0.2) is 18.2 Å². The Hall–Kier alpha value is -0.800. The molecule has 17 heavy (non-hydrogen) atoms. The SMILES string of the molecule is CC(CNC1CC1)COc1cccc(Cl)c1F. The van der Waals surface area contributed by atoms with E-state index in [-0.39, 0.29) is 10.8 Å². The predicted octanol–water partition coefficient (Wildman–Crippen LogP) is 3.25. The zero-order chi connectivity index (χ0) is 12.3. The highest BCUT2D eigenvalue weighted by Crippen LogP contribution is 2.24. The second kappa shape index (κ2) is 5.69. The summed E-state index contributed by atoms with van der Waals surface area (Å²) in [6.45, 7) is 3.49. The Morgan fingerprint density at radius 2 is 2.29 bits per heavy atom. The minimum Gasteiger partial charge on any atom is -0.490 e. The van der Waals surface area contributed by atoms with Crippen LogP contribution in [0.3, 0.4) is 0 Å².